The van der Waals surface area contributed by atoms with Gasteiger partial charge in [-0.15, -0.1) is 0 Å². The summed E-state index contributed by atoms with van der Waals surface area (Å²) >= 11 is 0. The number of aliphatic hydroxyl groups is 1. The van der Waals surface area contributed by atoms with E-state index in [1.165, 1.54) is 12.8 Å². The Morgan fingerprint density at radius 1 is 1.26 bits per heavy atom. The molecule has 1 saturated carbocycles. The summed E-state index contributed by atoms with van der Waals surface area (Å²) in [5.74, 6) is 2.67. The van der Waals surface area contributed by atoms with Gasteiger partial charge >= 0.3 is 0 Å². The van der Waals surface area contributed by atoms with Crippen molar-refractivity contribution in [2.75, 3.05) is 0 Å². The predicted octanol–water partition coefficient (Wildman–Crippen LogP) is 3.31. The van der Waals surface area contributed by atoms with Crippen molar-refractivity contribution in [1.82, 2.24) is 10.1 Å². The first-order valence-electron chi connectivity index (χ1n) is 7.37. The molecule has 0 saturated heterocycles. The van der Waals surface area contributed by atoms with E-state index in [-0.39, 0.29) is 5.41 Å². The SMILES string of the molecule is CC1CCC(c2noc(CC(O)C(C)(C)C)n2)CC1. The van der Waals surface area contributed by atoms with Crippen molar-refractivity contribution in [3.05, 3.63) is 11.7 Å². The zero-order valence-corrected chi connectivity index (χ0v) is 12.5. The van der Waals surface area contributed by atoms with Gasteiger partial charge < -0.3 is 9.63 Å². The van der Waals surface area contributed by atoms with Gasteiger partial charge in [-0.25, -0.2) is 0 Å². The fourth-order valence-electron chi connectivity index (χ4n) is 2.51. The van der Waals surface area contributed by atoms with Gasteiger partial charge in [-0.2, -0.15) is 4.98 Å². The normalized spacial score (nSPS) is 26.4. The van der Waals surface area contributed by atoms with Gasteiger partial charge in [0.2, 0.25) is 5.89 Å². The van der Waals surface area contributed by atoms with Gasteiger partial charge in [-0.05, 0) is 24.2 Å². The first kappa shape index (κ1) is 14.5. The Bertz CT molecular complexity index is 401. The van der Waals surface area contributed by atoms with Crippen LogP contribution in [-0.4, -0.2) is 21.4 Å². The van der Waals surface area contributed by atoms with E-state index in [1.54, 1.807) is 0 Å². The van der Waals surface area contributed by atoms with Crippen LogP contribution in [-0.2, 0) is 6.42 Å². The summed E-state index contributed by atoms with van der Waals surface area (Å²) in [6.45, 7) is 8.34. The summed E-state index contributed by atoms with van der Waals surface area (Å²) in [5, 5.41) is 14.2. The van der Waals surface area contributed by atoms with E-state index in [9.17, 15) is 5.11 Å². The van der Waals surface area contributed by atoms with Gasteiger partial charge in [0.1, 0.15) is 0 Å². The molecule has 108 valence electrons. The fraction of sp³-hybridized carbons (Fsp3) is 0.867. The van der Waals surface area contributed by atoms with Crippen LogP contribution in [0.3, 0.4) is 0 Å². The van der Waals surface area contributed by atoms with Gasteiger partial charge in [0.25, 0.3) is 0 Å². The van der Waals surface area contributed by atoms with Gasteiger partial charge in [-0.3, -0.25) is 0 Å². The molecule has 0 aliphatic heterocycles. The van der Waals surface area contributed by atoms with Crippen molar-refractivity contribution in [1.29, 1.82) is 0 Å². The Morgan fingerprint density at radius 2 is 1.89 bits per heavy atom. The lowest BCUT2D eigenvalue weighted by Crippen LogP contribution is -2.28. The Balaban J connectivity index is 1.95. The summed E-state index contributed by atoms with van der Waals surface area (Å²) in [7, 11) is 0. The lowest BCUT2D eigenvalue weighted by molar-refractivity contribution is 0.0565. The first-order chi connectivity index (χ1) is 8.86. The Labute approximate surface area is 115 Å². The number of aromatic nitrogens is 2. The molecule has 0 spiro atoms. The highest BCUT2D eigenvalue weighted by atomic mass is 16.5. The van der Waals surface area contributed by atoms with Crippen LogP contribution in [0.2, 0.25) is 0 Å². The number of hydrogen-bond donors (Lipinski definition) is 1. The van der Waals surface area contributed by atoms with Gasteiger partial charge in [0.05, 0.1) is 12.5 Å². The van der Waals surface area contributed by atoms with E-state index in [2.05, 4.69) is 17.1 Å². The molecule has 19 heavy (non-hydrogen) atoms. The molecule has 1 aromatic rings. The summed E-state index contributed by atoms with van der Waals surface area (Å²) in [5.41, 5.74) is -0.158. The van der Waals surface area contributed by atoms with E-state index >= 15 is 0 Å². The minimum absolute atomic E-state index is 0.158. The van der Waals surface area contributed by atoms with Crippen molar-refractivity contribution in [2.45, 2.75) is 71.8 Å². The molecular formula is C15H26N2O2. The molecule has 4 nitrogen and oxygen atoms in total. The van der Waals surface area contributed by atoms with Gasteiger partial charge in [0, 0.05) is 5.92 Å². The molecule has 0 radical (unpaired) electrons. The molecule has 0 aromatic carbocycles. The molecule has 1 aromatic heterocycles. The van der Waals surface area contributed by atoms with E-state index in [0.29, 0.717) is 18.2 Å². The predicted molar refractivity (Wildman–Crippen MR) is 73.8 cm³/mol. The van der Waals surface area contributed by atoms with Crippen LogP contribution in [0.25, 0.3) is 0 Å². The van der Waals surface area contributed by atoms with Crippen molar-refractivity contribution in [2.24, 2.45) is 11.3 Å². The maximum Gasteiger partial charge on any atom is 0.229 e. The lowest BCUT2D eigenvalue weighted by Gasteiger charge is -2.24. The highest BCUT2D eigenvalue weighted by Gasteiger charge is 2.27. The molecule has 0 bridgehead atoms. The van der Waals surface area contributed by atoms with Crippen LogP contribution < -0.4 is 0 Å². The van der Waals surface area contributed by atoms with Gasteiger partial charge in [-0.1, -0.05) is 45.7 Å². The quantitative estimate of drug-likeness (QED) is 0.911. The van der Waals surface area contributed by atoms with E-state index < -0.39 is 6.10 Å². The largest absolute Gasteiger partial charge is 0.392 e. The minimum Gasteiger partial charge on any atom is -0.392 e. The standard InChI is InChI=1S/C15H26N2O2/c1-10-5-7-11(8-6-10)14-16-13(19-17-14)9-12(18)15(2,3)4/h10-12,18H,5-9H2,1-4H3. The highest BCUT2D eigenvalue weighted by Crippen LogP contribution is 2.34. The summed E-state index contributed by atoms with van der Waals surface area (Å²) < 4.78 is 5.29. The molecule has 4 heteroatoms. The zero-order chi connectivity index (χ0) is 14.0. The van der Waals surface area contributed by atoms with Crippen molar-refractivity contribution in [3.8, 4) is 0 Å². The average molecular weight is 266 g/mol. The highest BCUT2D eigenvalue weighted by molar-refractivity contribution is 4.98. The summed E-state index contributed by atoms with van der Waals surface area (Å²) in [4.78, 5) is 4.47. The third-order valence-electron chi connectivity index (χ3n) is 4.23. The molecule has 1 aliphatic carbocycles. The van der Waals surface area contributed by atoms with Crippen LogP contribution >= 0.6 is 0 Å². The monoisotopic (exact) mass is 266 g/mol. The number of hydrogen-bond acceptors (Lipinski definition) is 4. The Hall–Kier alpha value is -0.900. The second kappa shape index (κ2) is 5.61. The van der Waals surface area contributed by atoms with E-state index in [1.807, 2.05) is 20.8 Å². The fourth-order valence-corrected chi connectivity index (χ4v) is 2.51. The van der Waals surface area contributed by atoms with Gasteiger partial charge in [0.15, 0.2) is 5.82 Å². The minimum atomic E-state index is -0.452. The molecule has 1 heterocycles. The first-order valence-corrected chi connectivity index (χ1v) is 7.37. The summed E-state index contributed by atoms with van der Waals surface area (Å²) in [6, 6.07) is 0. The molecule has 1 atom stereocenters. The molecule has 1 fully saturated rings. The maximum atomic E-state index is 10.1. The van der Waals surface area contributed by atoms with Crippen LogP contribution in [0.5, 0.6) is 0 Å². The molecule has 2 rings (SSSR count). The second-order valence-corrected chi connectivity index (χ2v) is 7.09. The average Bonchev–Trinajstić information content (AvgIpc) is 2.77. The molecule has 1 unspecified atom stereocenters. The van der Waals surface area contributed by atoms with Crippen LogP contribution in [0.1, 0.15) is 71.0 Å². The number of aliphatic hydroxyl groups excluding tert-OH is 1. The zero-order valence-electron chi connectivity index (χ0n) is 12.5. The van der Waals surface area contributed by atoms with Crippen LogP contribution in [0.15, 0.2) is 4.52 Å². The Kier molecular flexibility index (Phi) is 4.29. The third-order valence-corrected chi connectivity index (χ3v) is 4.23. The van der Waals surface area contributed by atoms with E-state index in [4.69, 9.17) is 4.52 Å². The van der Waals surface area contributed by atoms with E-state index in [0.717, 1.165) is 24.6 Å². The molecule has 1 N–H and O–H groups in total. The topological polar surface area (TPSA) is 59.2 Å². The molecule has 0 amide bonds. The lowest BCUT2D eigenvalue weighted by atomic mass is 9.83. The smallest absolute Gasteiger partial charge is 0.229 e. The molecular weight excluding hydrogens is 240 g/mol. The maximum absolute atomic E-state index is 10.1. The summed E-state index contributed by atoms with van der Waals surface area (Å²) in [6.07, 6.45) is 4.80. The molecule has 1 aliphatic rings. The van der Waals surface area contributed by atoms with Crippen molar-refractivity contribution < 1.29 is 9.63 Å². The Morgan fingerprint density at radius 3 is 2.47 bits per heavy atom. The third kappa shape index (κ3) is 3.78. The van der Waals surface area contributed by atoms with Crippen molar-refractivity contribution in [3.63, 3.8) is 0 Å². The number of nitrogens with zero attached hydrogens (tertiary/aromatic N) is 2. The van der Waals surface area contributed by atoms with Crippen molar-refractivity contribution >= 4 is 0 Å². The second-order valence-electron chi connectivity index (χ2n) is 7.09. The van der Waals surface area contributed by atoms with Crippen LogP contribution in [0, 0.1) is 11.3 Å². The number of rotatable bonds is 3. The van der Waals surface area contributed by atoms with Crippen LogP contribution in [0.4, 0.5) is 0 Å².